The SMILES string of the molecule is C#CCN(C)S(=O)(=O)c1ccc(Cl)c(N)c1Cl. The molecule has 0 bridgehead atoms. The molecule has 0 atom stereocenters. The summed E-state index contributed by atoms with van der Waals surface area (Å²) in [6.45, 7) is -0.0544. The highest BCUT2D eigenvalue weighted by atomic mass is 35.5. The van der Waals surface area contributed by atoms with Crippen molar-refractivity contribution in [1.29, 1.82) is 0 Å². The summed E-state index contributed by atoms with van der Waals surface area (Å²) in [6.07, 6.45) is 5.06. The smallest absolute Gasteiger partial charge is 0.245 e. The van der Waals surface area contributed by atoms with E-state index in [0.29, 0.717) is 0 Å². The summed E-state index contributed by atoms with van der Waals surface area (Å²) in [5.41, 5.74) is 5.60. The molecule has 4 nitrogen and oxygen atoms in total. The number of nitrogen functional groups attached to an aromatic ring is 1. The third-order valence-corrected chi connectivity index (χ3v) is 4.79. The fourth-order valence-electron chi connectivity index (χ4n) is 1.13. The molecule has 1 rings (SSSR count). The molecule has 0 aliphatic rings. The first-order valence-corrected chi connectivity index (χ1v) is 6.65. The molecule has 0 aromatic heterocycles. The van der Waals surface area contributed by atoms with Crippen LogP contribution in [0.1, 0.15) is 0 Å². The molecule has 0 heterocycles. The van der Waals surface area contributed by atoms with Crippen LogP contribution in [0.4, 0.5) is 5.69 Å². The van der Waals surface area contributed by atoms with Crippen LogP contribution in [0.25, 0.3) is 0 Å². The Morgan fingerprint density at radius 1 is 1.47 bits per heavy atom. The van der Waals surface area contributed by atoms with Gasteiger partial charge in [-0.1, -0.05) is 29.1 Å². The fourth-order valence-corrected chi connectivity index (χ4v) is 2.95. The van der Waals surface area contributed by atoms with E-state index in [0.717, 1.165) is 4.31 Å². The third-order valence-electron chi connectivity index (χ3n) is 2.09. The van der Waals surface area contributed by atoms with Crippen molar-refractivity contribution in [2.24, 2.45) is 0 Å². The summed E-state index contributed by atoms with van der Waals surface area (Å²) in [7, 11) is -2.39. The molecule has 0 spiro atoms. The molecule has 0 saturated carbocycles. The van der Waals surface area contributed by atoms with Crippen molar-refractivity contribution in [3.05, 3.63) is 22.2 Å². The van der Waals surface area contributed by atoms with Gasteiger partial charge in [0.15, 0.2) is 0 Å². The second-order valence-corrected chi connectivity index (χ2v) is 6.04. The van der Waals surface area contributed by atoms with Gasteiger partial charge in [-0.15, -0.1) is 6.42 Å². The average molecular weight is 293 g/mol. The topological polar surface area (TPSA) is 63.4 Å². The number of halogens is 2. The molecule has 0 fully saturated rings. The van der Waals surface area contributed by atoms with Gasteiger partial charge in [0.2, 0.25) is 10.0 Å². The zero-order valence-corrected chi connectivity index (χ0v) is 11.3. The van der Waals surface area contributed by atoms with E-state index in [1.807, 2.05) is 0 Å². The molecule has 7 heteroatoms. The lowest BCUT2D eigenvalue weighted by atomic mass is 10.3. The first kappa shape index (κ1) is 14.1. The van der Waals surface area contributed by atoms with Gasteiger partial charge in [0, 0.05) is 7.05 Å². The Kier molecular flexibility index (Phi) is 4.28. The largest absolute Gasteiger partial charge is 0.396 e. The summed E-state index contributed by atoms with van der Waals surface area (Å²) in [6, 6.07) is 2.67. The number of nitrogens with zero attached hydrogens (tertiary/aromatic N) is 1. The van der Waals surface area contributed by atoms with Crippen LogP contribution in [0.15, 0.2) is 17.0 Å². The first-order chi connectivity index (χ1) is 7.82. The molecule has 0 saturated heterocycles. The van der Waals surface area contributed by atoms with E-state index >= 15 is 0 Å². The Balaban J connectivity index is 3.36. The van der Waals surface area contributed by atoms with Crippen molar-refractivity contribution < 1.29 is 8.42 Å². The molecule has 2 N–H and O–H groups in total. The lowest BCUT2D eigenvalue weighted by Crippen LogP contribution is -2.27. The average Bonchev–Trinajstić information content (AvgIpc) is 2.26. The van der Waals surface area contributed by atoms with Crippen LogP contribution in [0.5, 0.6) is 0 Å². The Morgan fingerprint density at radius 2 is 2.06 bits per heavy atom. The van der Waals surface area contributed by atoms with Crippen molar-refractivity contribution in [1.82, 2.24) is 4.31 Å². The highest BCUT2D eigenvalue weighted by molar-refractivity contribution is 7.89. The zero-order valence-electron chi connectivity index (χ0n) is 8.94. The van der Waals surface area contributed by atoms with Gasteiger partial charge in [-0.3, -0.25) is 0 Å². The highest BCUT2D eigenvalue weighted by Gasteiger charge is 2.24. The number of rotatable bonds is 3. The Labute approximate surface area is 110 Å². The second-order valence-electron chi connectivity index (χ2n) is 3.24. The minimum atomic E-state index is -3.75. The van der Waals surface area contributed by atoms with Crippen molar-refractivity contribution in [3.8, 4) is 12.3 Å². The van der Waals surface area contributed by atoms with E-state index in [-0.39, 0.29) is 27.2 Å². The standard InChI is InChI=1S/C10H10Cl2N2O2S/c1-3-6-14(2)17(15,16)8-5-4-7(11)10(13)9(8)12/h1,4-5H,6,13H2,2H3. The Hall–Kier alpha value is -0.930. The summed E-state index contributed by atoms with van der Waals surface area (Å²) >= 11 is 11.6. The van der Waals surface area contributed by atoms with Crippen LogP contribution in [-0.4, -0.2) is 26.3 Å². The Morgan fingerprint density at radius 3 is 2.59 bits per heavy atom. The molecule has 0 amide bonds. The molecular formula is C10H10Cl2N2O2S. The van der Waals surface area contributed by atoms with E-state index in [1.54, 1.807) is 0 Å². The van der Waals surface area contributed by atoms with Gasteiger partial charge in [-0.2, -0.15) is 4.31 Å². The van der Waals surface area contributed by atoms with E-state index in [2.05, 4.69) is 5.92 Å². The minimum absolute atomic E-state index is 0.0310. The highest BCUT2D eigenvalue weighted by Crippen LogP contribution is 2.34. The fraction of sp³-hybridized carbons (Fsp3) is 0.200. The number of benzene rings is 1. The van der Waals surface area contributed by atoms with E-state index < -0.39 is 10.0 Å². The predicted octanol–water partition coefficient (Wildman–Crippen LogP) is 1.83. The van der Waals surface area contributed by atoms with Crippen LogP contribution in [0, 0.1) is 12.3 Å². The van der Waals surface area contributed by atoms with Crippen molar-refractivity contribution >= 4 is 38.9 Å². The minimum Gasteiger partial charge on any atom is -0.396 e. The maximum Gasteiger partial charge on any atom is 0.245 e. The molecular weight excluding hydrogens is 283 g/mol. The van der Waals surface area contributed by atoms with Crippen molar-refractivity contribution in [2.45, 2.75) is 4.90 Å². The normalized spacial score (nSPS) is 11.5. The summed E-state index contributed by atoms with van der Waals surface area (Å²) in [4.78, 5) is -0.112. The zero-order chi connectivity index (χ0) is 13.2. The number of sulfonamides is 1. The number of anilines is 1. The van der Waals surface area contributed by atoms with E-state index in [9.17, 15) is 8.42 Å². The molecule has 0 radical (unpaired) electrons. The number of hydrogen-bond acceptors (Lipinski definition) is 3. The lowest BCUT2D eigenvalue weighted by Gasteiger charge is -2.16. The maximum absolute atomic E-state index is 12.1. The molecule has 92 valence electrons. The molecule has 1 aromatic carbocycles. The quantitative estimate of drug-likeness (QED) is 0.683. The summed E-state index contributed by atoms with van der Waals surface area (Å²) in [5, 5.41) is 0.106. The van der Waals surface area contributed by atoms with Gasteiger partial charge in [0.1, 0.15) is 4.90 Å². The maximum atomic E-state index is 12.1. The number of nitrogens with two attached hydrogens (primary N) is 1. The predicted molar refractivity (Wildman–Crippen MR) is 69.5 cm³/mol. The van der Waals surface area contributed by atoms with Crippen LogP contribution >= 0.6 is 23.2 Å². The van der Waals surface area contributed by atoms with Crippen LogP contribution in [0.3, 0.4) is 0 Å². The van der Waals surface area contributed by atoms with E-state index in [4.69, 9.17) is 35.4 Å². The van der Waals surface area contributed by atoms with Gasteiger partial charge in [-0.05, 0) is 12.1 Å². The number of hydrogen-bond donors (Lipinski definition) is 1. The van der Waals surface area contributed by atoms with Crippen molar-refractivity contribution in [2.75, 3.05) is 19.3 Å². The van der Waals surface area contributed by atoms with Crippen LogP contribution in [0.2, 0.25) is 10.0 Å². The summed E-state index contributed by atoms with van der Waals surface area (Å²) in [5.74, 6) is 2.24. The molecule has 1 aromatic rings. The molecule has 0 aliphatic heterocycles. The number of terminal acetylenes is 1. The van der Waals surface area contributed by atoms with Crippen LogP contribution in [-0.2, 0) is 10.0 Å². The first-order valence-electron chi connectivity index (χ1n) is 4.45. The lowest BCUT2D eigenvalue weighted by molar-refractivity contribution is 0.503. The van der Waals surface area contributed by atoms with Gasteiger partial charge < -0.3 is 5.73 Å². The van der Waals surface area contributed by atoms with E-state index in [1.165, 1.54) is 19.2 Å². The van der Waals surface area contributed by atoms with Gasteiger partial charge in [0.25, 0.3) is 0 Å². The van der Waals surface area contributed by atoms with Crippen molar-refractivity contribution in [3.63, 3.8) is 0 Å². The van der Waals surface area contributed by atoms with Gasteiger partial charge in [0.05, 0.1) is 22.3 Å². The van der Waals surface area contributed by atoms with Gasteiger partial charge >= 0.3 is 0 Å². The monoisotopic (exact) mass is 292 g/mol. The summed E-state index contributed by atoms with van der Waals surface area (Å²) < 4.78 is 25.1. The molecule has 17 heavy (non-hydrogen) atoms. The molecule has 0 aliphatic carbocycles. The van der Waals surface area contributed by atoms with Crippen LogP contribution < -0.4 is 5.73 Å². The Bertz CT molecular complexity index is 579. The second kappa shape index (κ2) is 5.15. The molecule has 0 unspecified atom stereocenters. The van der Waals surface area contributed by atoms with Gasteiger partial charge in [-0.25, -0.2) is 8.42 Å². The third kappa shape index (κ3) is 2.67.